The minimum absolute atomic E-state index is 0.00810. The number of nitro benzene ring substituents is 1. The Hall–Kier alpha value is -1.71. The highest BCUT2D eigenvalue weighted by Crippen LogP contribution is 2.28. The van der Waals surface area contributed by atoms with Crippen molar-refractivity contribution in [2.75, 3.05) is 6.61 Å². The molecule has 0 amide bonds. The van der Waals surface area contributed by atoms with Crippen LogP contribution >= 0.6 is 0 Å². The number of ether oxygens (including phenoxy) is 2. The van der Waals surface area contributed by atoms with E-state index in [-0.39, 0.29) is 30.3 Å². The van der Waals surface area contributed by atoms with Crippen LogP contribution in [0, 0.1) is 10.1 Å². The van der Waals surface area contributed by atoms with E-state index < -0.39 is 19.8 Å². The molecule has 1 aliphatic heterocycles. The second-order valence-electron chi connectivity index (χ2n) is 4.89. The Bertz CT molecular complexity index is 645. The smallest absolute Gasteiger partial charge is 0.271 e. The molecule has 1 saturated heterocycles. The zero-order valence-corrected chi connectivity index (χ0v) is 12.2. The zero-order chi connectivity index (χ0) is 15.6. The van der Waals surface area contributed by atoms with Gasteiger partial charge in [0.15, 0.2) is 0 Å². The molecule has 2 atom stereocenters. The van der Waals surface area contributed by atoms with E-state index in [0.29, 0.717) is 0 Å². The van der Waals surface area contributed by atoms with Crippen LogP contribution in [0.25, 0.3) is 0 Å². The van der Waals surface area contributed by atoms with Crippen molar-refractivity contribution in [3.63, 3.8) is 0 Å². The number of hydrogen-bond donors (Lipinski definition) is 1. The quantitative estimate of drug-likeness (QED) is 0.643. The Morgan fingerprint density at radius 3 is 2.71 bits per heavy atom. The predicted molar refractivity (Wildman–Crippen MR) is 73.5 cm³/mol. The van der Waals surface area contributed by atoms with Crippen LogP contribution in [0.3, 0.4) is 0 Å². The summed E-state index contributed by atoms with van der Waals surface area (Å²) in [5.74, 6) is -0.00810. The highest BCUT2D eigenvalue weighted by molar-refractivity contribution is 7.89. The molecule has 0 aromatic heterocycles. The van der Waals surface area contributed by atoms with Crippen molar-refractivity contribution in [3.8, 4) is 5.75 Å². The van der Waals surface area contributed by atoms with Gasteiger partial charge in [-0.3, -0.25) is 10.1 Å². The van der Waals surface area contributed by atoms with Gasteiger partial charge in [0.1, 0.15) is 17.3 Å². The van der Waals surface area contributed by atoms with Crippen LogP contribution in [-0.4, -0.2) is 32.2 Å². The van der Waals surface area contributed by atoms with Crippen molar-refractivity contribution < 1.29 is 22.8 Å². The van der Waals surface area contributed by atoms with Crippen molar-refractivity contribution >= 4 is 15.7 Å². The normalized spacial score (nSPS) is 22.2. The summed E-state index contributed by atoms with van der Waals surface area (Å²) in [5, 5.41) is 15.8. The summed E-state index contributed by atoms with van der Waals surface area (Å²) in [6, 6.07) is 3.29. The van der Waals surface area contributed by atoms with Crippen LogP contribution in [0.1, 0.15) is 19.8 Å². The highest BCUT2D eigenvalue weighted by Gasteiger charge is 2.24. The number of non-ortho nitro benzene ring substituents is 1. The Balaban J connectivity index is 2.20. The average molecular weight is 316 g/mol. The van der Waals surface area contributed by atoms with Crippen LogP contribution in [0.5, 0.6) is 5.75 Å². The summed E-state index contributed by atoms with van der Waals surface area (Å²) in [4.78, 5) is 9.61. The highest BCUT2D eigenvalue weighted by atomic mass is 32.2. The molecule has 21 heavy (non-hydrogen) atoms. The molecule has 2 N–H and O–H groups in total. The standard InChI is InChI=1S/C12H16N2O6S/c1-8-2-4-10(20-8)7-19-11-5-3-9(14(15)16)6-12(11)21(13,17)18/h3,5-6,8,10H,2,4,7H2,1H3,(H2,13,17,18). The van der Waals surface area contributed by atoms with Gasteiger partial charge >= 0.3 is 0 Å². The SMILES string of the molecule is CC1CCC(COc2ccc([N+](=O)[O-])cc2S(N)(=O)=O)O1. The van der Waals surface area contributed by atoms with E-state index in [1.807, 2.05) is 6.92 Å². The van der Waals surface area contributed by atoms with Gasteiger partial charge in [0.25, 0.3) is 5.69 Å². The largest absolute Gasteiger partial charge is 0.489 e. The lowest BCUT2D eigenvalue weighted by atomic mass is 10.2. The molecule has 1 fully saturated rings. The van der Waals surface area contributed by atoms with E-state index in [1.165, 1.54) is 12.1 Å². The first kappa shape index (κ1) is 15.7. The topological polar surface area (TPSA) is 122 Å². The van der Waals surface area contributed by atoms with Gasteiger partial charge in [0, 0.05) is 12.1 Å². The first-order valence-electron chi connectivity index (χ1n) is 6.37. The monoisotopic (exact) mass is 316 g/mol. The van der Waals surface area contributed by atoms with Gasteiger partial charge < -0.3 is 9.47 Å². The van der Waals surface area contributed by atoms with E-state index >= 15 is 0 Å². The second kappa shape index (κ2) is 5.96. The maximum absolute atomic E-state index is 11.5. The maximum Gasteiger partial charge on any atom is 0.271 e. The number of nitro groups is 1. The van der Waals surface area contributed by atoms with Crippen molar-refractivity contribution in [2.24, 2.45) is 5.14 Å². The Morgan fingerprint density at radius 2 is 2.19 bits per heavy atom. The average Bonchev–Trinajstić information content (AvgIpc) is 2.81. The molecule has 0 bridgehead atoms. The van der Waals surface area contributed by atoms with Crippen LogP contribution in [0.4, 0.5) is 5.69 Å². The van der Waals surface area contributed by atoms with Crippen LogP contribution in [0.15, 0.2) is 23.1 Å². The molecule has 2 rings (SSSR count). The first-order chi connectivity index (χ1) is 9.77. The molecule has 0 radical (unpaired) electrons. The number of sulfonamides is 1. The molecule has 0 spiro atoms. The molecule has 1 heterocycles. The maximum atomic E-state index is 11.5. The number of benzene rings is 1. The molecule has 0 aliphatic carbocycles. The summed E-state index contributed by atoms with van der Waals surface area (Å²) in [6.45, 7) is 2.12. The second-order valence-corrected chi connectivity index (χ2v) is 6.42. The van der Waals surface area contributed by atoms with E-state index in [9.17, 15) is 18.5 Å². The molecule has 2 unspecified atom stereocenters. The van der Waals surface area contributed by atoms with Gasteiger partial charge in [0.05, 0.1) is 17.1 Å². The van der Waals surface area contributed by atoms with Crippen molar-refractivity contribution in [2.45, 2.75) is 36.9 Å². The predicted octanol–water partition coefficient (Wildman–Crippen LogP) is 1.19. The van der Waals surface area contributed by atoms with Gasteiger partial charge in [-0.2, -0.15) is 0 Å². The molecular weight excluding hydrogens is 300 g/mol. The third-order valence-corrected chi connectivity index (χ3v) is 4.12. The summed E-state index contributed by atoms with van der Waals surface area (Å²) in [5.41, 5.74) is -0.364. The van der Waals surface area contributed by atoms with Gasteiger partial charge in [-0.1, -0.05) is 0 Å². The Labute approximate surface area is 122 Å². The van der Waals surface area contributed by atoms with Crippen molar-refractivity contribution in [1.82, 2.24) is 0 Å². The molecule has 0 saturated carbocycles. The summed E-state index contributed by atoms with van der Waals surface area (Å²) in [6.07, 6.45) is 1.76. The molecule has 9 heteroatoms. The van der Waals surface area contributed by atoms with E-state index in [0.717, 1.165) is 18.9 Å². The third-order valence-electron chi connectivity index (χ3n) is 3.19. The van der Waals surface area contributed by atoms with Crippen molar-refractivity contribution in [3.05, 3.63) is 28.3 Å². The minimum atomic E-state index is -4.12. The lowest BCUT2D eigenvalue weighted by molar-refractivity contribution is -0.385. The number of nitrogens with zero attached hydrogens (tertiary/aromatic N) is 1. The van der Waals surface area contributed by atoms with Gasteiger partial charge in [0.2, 0.25) is 10.0 Å². The third kappa shape index (κ3) is 3.90. The fraction of sp³-hybridized carbons (Fsp3) is 0.500. The van der Waals surface area contributed by atoms with Crippen LogP contribution in [0.2, 0.25) is 0 Å². The van der Waals surface area contributed by atoms with Crippen LogP contribution < -0.4 is 9.88 Å². The minimum Gasteiger partial charge on any atom is -0.489 e. The van der Waals surface area contributed by atoms with Gasteiger partial charge in [-0.15, -0.1) is 0 Å². The molecule has 1 aromatic carbocycles. The fourth-order valence-corrected chi connectivity index (χ4v) is 2.83. The van der Waals surface area contributed by atoms with E-state index in [4.69, 9.17) is 14.6 Å². The van der Waals surface area contributed by atoms with Gasteiger partial charge in [-0.25, -0.2) is 13.6 Å². The summed E-state index contributed by atoms with van der Waals surface area (Å²) < 4.78 is 34.0. The first-order valence-corrected chi connectivity index (χ1v) is 7.91. The molecule has 8 nitrogen and oxygen atoms in total. The summed E-state index contributed by atoms with van der Waals surface area (Å²) in [7, 11) is -4.12. The number of rotatable bonds is 5. The van der Waals surface area contributed by atoms with E-state index in [2.05, 4.69) is 0 Å². The Morgan fingerprint density at radius 1 is 1.48 bits per heavy atom. The molecular formula is C12H16N2O6S. The fourth-order valence-electron chi connectivity index (χ4n) is 2.14. The molecule has 1 aliphatic rings. The number of primary sulfonamides is 1. The lowest BCUT2D eigenvalue weighted by Crippen LogP contribution is -2.20. The van der Waals surface area contributed by atoms with Crippen molar-refractivity contribution in [1.29, 1.82) is 0 Å². The number of nitrogens with two attached hydrogens (primary N) is 1. The van der Waals surface area contributed by atoms with Gasteiger partial charge in [-0.05, 0) is 25.8 Å². The van der Waals surface area contributed by atoms with Crippen LogP contribution in [-0.2, 0) is 14.8 Å². The lowest BCUT2D eigenvalue weighted by Gasteiger charge is -2.14. The summed E-state index contributed by atoms with van der Waals surface area (Å²) >= 11 is 0. The molecule has 1 aromatic rings. The number of hydrogen-bond acceptors (Lipinski definition) is 6. The molecule has 116 valence electrons. The van der Waals surface area contributed by atoms with E-state index in [1.54, 1.807) is 0 Å². The Kier molecular flexibility index (Phi) is 4.45. The zero-order valence-electron chi connectivity index (χ0n) is 11.4.